The van der Waals surface area contributed by atoms with Gasteiger partial charge in [-0.25, -0.2) is 4.57 Å². The maximum Gasteiger partial charge on any atom is 0.513 e. The van der Waals surface area contributed by atoms with Crippen molar-refractivity contribution in [3.63, 3.8) is 0 Å². The molecule has 0 saturated heterocycles. The van der Waals surface area contributed by atoms with Crippen LogP contribution in [0.5, 0.6) is 11.5 Å². The molecule has 34 heavy (non-hydrogen) atoms. The zero-order valence-electron chi connectivity index (χ0n) is 18.3. The van der Waals surface area contributed by atoms with Crippen LogP contribution in [0.1, 0.15) is 39.0 Å². The standard InChI is InChI=1S/C21H24N3O9P/c1-15(21(25)31-18-5-3-2-4-6-18)22-34(30,32-19-11-7-16(8-12-19)23(26)27)33-20-13-9-17(10-14-20)24(28)29/h7-15,18H,2-6H2,1H3,(H,22,30). The highest BCUT2D eigenvalue weighted by Gasteiger charge is 2.35. The molecule has 2 aromatic carbocycles. The van der Waals surface area contributed by atoms with E-state index in [1.165, 1.54) is 31.2 Å². The number of benzene rings is 2. The van der Waals surface area contributed by atoms with Crippen LogP contribution in [0.2, 0.25) is 0 Å². The second-order valence-corrected chi connectivity index (χ2v) is 9.35. The number of ether oxygens (including phenoxy) is 1. The van der Waals surface area contributed by atoms with E-state index in [1.807, 2.05) is 0 Å². The van der Waals surface area contributed by atoms with Gasteiger partial charge >= 0.3 is 13.7 Å². The molecule has 2 aromatic rings. The van der Waals surface area contributed by atoms with Crippen molar-refractivity contribution in [1.82, 2.24) is 5.09 Å². The number of hydrogen-bond acceptors (Lipinski definition) is 9. The number of hydrogen-bond donors (Lipinski definition) is 1. The second kappa shape index (κ2) is 11.1. The molecule has 1 N–H and O–H groups in total. The van der Waals surface area contributed by atoms with E-state index >= 15 is 0 Å². The summed E-state index contributed by atoms with van der Waals surface area (Å²) in [5.74, 6) is -0.667. The van der Waals surface area contributed by atoms with E-state index in [9.17, 15) is 29.6 Å². The van der Waals surface area contributed by atoms with Gasteiger partial charge in [0.05, 0.1) is 9.85 Å². The van der Waals surface area contributed by atoms with E-state index < -0.39 is 29.6 Å². The molecule has 0 bridgehead atoms. The van der Waals surface area contributed by atoms with E-state index in [0.29, 0.717) is 0 Å². The van der Waals surface area contributed by atoms with E-state index in [-0.39, 0.29) is 29.0 Å². The fraction of sp³-hybridized carbons (Fsp3) is 0.381. The molecule has 0 aromatic heterocycles. The first-order valence-corrected chi connectivity index (χ1v) is 12.2. The molecule has 1 fully saturated rings. The van der Waals surface area contributed by atoms with Gasteiger partial charge in [0.1, 0.15) is 23.6 Å². The van der Waals surface area contributed by atoms with Crippen LogP contribution < -0.4 is 14.1 Å². The number of esters is 1. The van der Waals surface area contributed by atoms with E-state index in [2.05, 4.69) is 5.09 Å². The monoisotopic (exact) mass is 493 g/mol. The van der Waals surface area contributed by atoms with Gasteiger partial charge in [-0.2, -0.15) is 5.09 Å². The highest BCUT2D eigenvalue weighted by Crippen LogP contribution is 2.46. The first-order chi connectivity index (χ1) is 16.1. The predicted molar refractivity (Wildman–Crippen MR) is 121 cm³/mol. The van der Waals surface area contributed by atoms with Crippen LogP contribution in [-0.2, 0) is 14.1 Å². The minimum Gasteiger partial charge on any atom is -0.461 e. The minimum atomic E-state index is -4.29. The van der Waals surface area contributed by atoms with Crippen molar-refractivity contribution in [2.45, 2.75) is 51.2 Å². The summed E-state index contributed by atoms with van der Waals surface area (Å²) in [6.07, 6.45) is 4.32. The van der Waals surface area contributed by atoms with E-state index in [1.54, 1.807) is 0 Å². The summed E-state index contributed by atoms with van der Waals surface area (Å²) >= 11 is 0. The average Bonchev–Trinajstić information content (AvgIpc) is 2.80. The Morgan fingerprint density at radius 1 is 0.912 bits per heavy atom. The highest BCUT2D eigenvalue weighted by molar-refractivity contribution is 7.52. The molecular weight excluding hydrogens is 469 g/mol. The van der Waals surface area contributed by atoms with Crippen LogP contribution in [-0.4, -0.2) is 28.0 Å². The van der Waals surface area contributed by atoms with Gasteiger partial charge in [0.2, 0.25) is 0 Å². The Morgan fingerprint density at radius 3 is 1.76 bits per heavy atom. The minimum absolute atomic E-state index is 0.0174. The fourth-order valence-electron chi connectivity index (χ4n) is 3.35. The van der Waals surface area contributed by atoms with Gasteiger partial charge in [0.15, 0.2) is 0 Å². The summed E-state index contributed by atoms with van der Waals surface area (Å²) in [5.41, 5.74) is -0.397. The van der Waals surface area contributed by atoms with Gasteiger partial charge in [0, 0.05) is 24.3 Å². The van der Waals surface area contributed by atoms with Crippen LogP contribution >= 0.6 is 7.75 Å². The topological polar surface area (TPSA) is 160 Å². The smallest absolute Gasteiger partial charge is 0.461 e. The first-order valence-electron chi connectivity index (χ1n) is 10.6. The highest BCUT2D eigenvalue weighted by atomic mass is 31.2. The summed E-state index contributed by atoms with van der Waals surface area (Å²) < 4.78 is 30.0. The molecule has 1 saturated carbocycles. The number of non-ortho nitro benzene ring substituents is 2. The number of nitrogens with zero attached hydrogens (tertiary/aromatic N) is 2. The first kappa shape index (κ1) is 25.1. The summed E-state index contributed by atoms with van der Waals surface area (Å²) in [4.78, 5) is 33.1. The molecule has 1 aliphatic carbocycles. The maximum atomic E-state index is 13.6. The quantitative estimate of drug-likeness (QED) is 0.208. The lowest BCUT2D eigenvalue weighted by molar-refractivity contribution is -0.385. The normalized spacial score (nSPS) is 15.2. The van der Waals surface area contributed by atoms with Crippen molar-refractivity contribution in [2.24, 2.45) is 0 Å². The summed E-state index contributed by atoms with van der Waals surface area (Å²) in [6.45, 7) is 1.44. The summed E-state index contributed by atoms with van der Waals surface area (Å²) in [6, 6.07) is 8.49. The van der Waals surface area contributed by atoms with Crippen molar-refractivity contribution in [2.75, 3.05) is 0 Å². The Hall–Kier alpha value is -3.50. The Morgan fingerprint density at radius 2 is 1.35 bits per heavy atom. The number of nitro benzene ring substituents is 2. The van der Waals surface area contributed by atoms with Crippen LogP contribution in [0.15, 0.2) is 48.5 Å². The van der Waals surface area contributed by atoms with Crippen LogP contribution in [0.25, 0.3) is 0 Å². The SMILES string of the molecule is CC(NP(=O)(Oc1ccc([N+](=O)[O-])cc1)Oc1ccc([N+](=O)[O-])cc1)C(=O)OC1CCCCC1. The third kappa shape index (κ3) is 7.00. The van der Waals surface area contributed by atoms with Crippen molar-refractivity contribution in [3.8, 4) is 11.5 Å². The number of nitrogens with one attached hydrogen (secondary N) is 1. The lowest BCUT2D eigenvalue weighted by Crippen LogP contribution is -2.38. The Bertz CT molecular complexity index is 1010. The Balaban J connectivity index is 1.77. The molecule has 0 amide bonds. The molecule has 0 radical (unpaired) electrons. The van der Waals surface area contributed by atoms with Crippen LogP contribution in [0.3, 0.4) is 0 Å². The zero-order chi connectivity index (χ0) is 24.7. The number of rotatable bonds is 10. The number of carbonyl (C=O) groups excluding carboxylic acids is 1. The third-order valence-corrected chi connectivity index (χ3v) is 6.69. The van der Waals surface area contributed by atoms with Gasteiger partial charge in [0.25, 0.3) is 11.4 Å². The molecule has 13 heteroatoms. The van der Waals surface area contributed by atoms with Gasteiger partial charge < -0.3 is 13.8 Å². The average molecular weight is 493 g/mol. The second-order valence-electron chi connectivity index (χ2n) is 7.73. The largest absolute Gasteiger partial charge is 0.513 e. The van der Waals surface area contributed by atoms with Crippen LogP contribution in [0.4, 0.5) is 11.4 Å². The summed E-state index contributed by atoms with van der Waals surface area (Å²) in [7, 11) is -4.29. The molecular formula is C21H24N3O9P. The Labute approximate surface area is 195 Å². The zero-order valence-corrected chi connectivity index (χ0v) is 19.2. The third-order valence-electron chi connectivity index (χ3n) is 5.09. The van der Waals surface area contributed by atoms with Gasteiger partial charge in [-0.3, -0.25) is 25.0 Å². The maximum absolute atomic E-state index is 13.6. The molecule has 1 atom stereocenters. The van der Waals surface area contributed by atoms with Gasteiger partial charge in [-0.05, 0) is 56.9 Å². The van der Waals surface area contributed by atoms with E-state index in [0.717, 1.165) is 56.4 Å². The van der Waals surface area contributed by atoms with Crippen molar-refractivity contribution < 1.29 is 33.0 Å². The lowest BCUT2D eigenvalue weighted by Gasteiger charge is -2.26. The van der Waals surface area contributed by atoms with Crippen molar-refractivity contribution in [1.29, 1.82) is 0 Å². The molecule has 12 nitrogen and oxygen atoms in total. The molecule has 0 aliphatic heterocycles. The number of nitro groups is 2. The molecule has 182 valence electrons. The lowest BCUT2D eigenvalue weighted by atomic mass is 9.98. The number of carbonyl (C=O) groups is 1. The molecule has 3 rings (SSSR count). The van der Waals surface area contributed by atoms with Crippen LogP contribution in [0, 0.1) is 20.2 Å². The fourth-order valence-corrected chi connectivity index (χ4v) is 4.87. The predicted octanol–water partition coefficient (Wildman–Crippen LogP) is 4.92. The van der Waals surface area contributed by atoms with Gasteiger partial charge in [-0.1, -0.05) is 6.42 Å². The van der Waals surface area contributed by atoms with Gasteiger partial charge in [-0.15, -0.1) is 0 Å². The summed E-state index contributed by atoms with van der Waals surface area (Å²) in [5, 5.41) is 24.3. The van der Waals surface area contributed by atoms with Crippen molar-refractivity contribution >= 4 is 25.1 Å². The molecule has 0 heterocycles. The molecule has 1 aliphatic rings. The Kier molecular flexibility index (Phi) is 8.19. The van der Waals surface area contributed by atoms with E-state index in [4.69, 9.17) is 13.8 Å². The molecule has 0 spiro atoms. The van der Waals surface area contributed by atoms with Crippen molar-refractivity contribution in [3.05, 3.63) is 68.8 Å². The molecule has 1 unspecified atom stereocenters.